The molecule has 7 nitrogen and oxygen atoms in total. The van der Waals surface area contributed by atoms with Crippen molar-refractivity contribution in [3.63, 3.8) is 0 Å². The highest BCUT2D eigenvalue weighted by Crippen LogP contribution is 2.66. The summed E-state index contributed by atoms with van der Waals surface area (Å²) >= 11 is 0. The van der Waals surface area contributed by atoms with Gasteiger partial charge in [-0.25, -0.2) is 9.13 Å². The zero-order valence-corrected chi connectivity index (χ0v) is 8.96. The smallest absolute Gasteiger partial charge is 0.290 e. The summed E-state index contributed by atoms with van der Waals surface area (Å²) in [7, 11) is -5.34. The summed E-state index contributed by atoms with van der Waals surface area (Å²) in [6.45, 7) is -0.0586. The zero-order chi connectivity index (χ0) is 9.95. The van der Waals surface area contributed by atoms with Gasteiger partial charge in [-0.15, -0.1) is 0 Å². The summed E-state index contributed by atoms with van der Waals surface area (Å²) in [6.07, 6.45) is 0. The van der Waals surface area contributed by atoms with Crippen molar-refractivity contribution in [1.29, 1.82) is 0 Å². The van der Waals surface area contributed by atoms with Gasteiger partial charge in [-0.1, -0.05) is 0 Å². The van der Waals surface area contributed by atoms with Crippen molar-refractivity contribution in [1.82, 2.24) is 0 Å². The van der Waals surface area contributed by atoms with E-state index in [0.717, 1.165) is 14.2 Å². The normalized spacial score (nSPS) is 41.4. The number of hydrogen-bond donors (Lipinski definition) is 0. The third-order valence-corrected chi connectivity index (χ3v) is 4.72. The largest absolute Gasteiger partial charge is 0.483 e. The van der Waals surface area contributed by atoms with Gasteiger partial charge in [0.25, 0.3) is 0 Å². The van der Waals surface area contributed by atoms with Crippen LogP contribution in [0.5, 0.6) is 0 Å². The van der Waals surface area contributed by atoms with Crippen LogP contribution in [0, 0.1) is 0 Å². The van der Waals surface area contributed by atoms with Crippen molar-refractivity contribution in [3.05, 3.63) is 0 Å². The molecule has 0 radical (unpaired) electrons. The van der Waals surface area contributed by atoms with Gasteiger partial charge < -0.3 is 0 Å². The monoisotopic (exact) mass is 232 g/mol. The van der Waals surface area contributed by atoms with Crippen LogP contribution in [0.15, 0.2) is 0 Å². The minimum Gasteiger partial charge on any atom is -0.290 e. The molecule has 9 heteroatoms. The van der Waals surface area contributed by atoms with E-state index in [0.29, 0.717) is 0 Å². The van der Waals surface area contributed by atoms with Gasteiger partial charge in [0.1, 0.15) is 0 Å². The first kappa shape index (κ1) is 11.3. The van der Waals surface area contributed by atoms with E-state index in [2.05, 4.69) is 22.4 Å². The summed E-state index contributed by atoms with van der Waals surface area (Å²) in [5.74, 6) is 0. The molecule has 1 heterocycles. The molecule has 2 atom stereocenters. The lowest BCUT2D eigenvalue weighted by molar-refractivity contribution is 0.183. The molecule has 0 aromatic carbocycles. The molecule has 1 rings (SSSR count). The molecule has 0 aromatic heterocycles. The second kappa shape index (κ2) is 4.19. The average molecular weight is 232 g/mol. The molecule has 1 fully saturated rings. The molecule has 0 amide bonds. The van der Waals surface area contributed by atoms with Gasteiger partial charge in [0.15, 0.2) is 0 Å². The maximum absolute atomic E-state index is 11.4. The van der Waals surface area contributed by atoms with Gasteiger partial charge in [0.05, 0.1) is 13.2 Å². The second-order valence-electron chi connectivity index (χ2n) is 2.01. The highest BCUT2D eigenvalue weighted by Gasteiger charge is 2.41. The standard InChI is InChI=1S/C4H10O7P2/c1-7-12(5)9-3-4-10-13(6,8-2)11-12/h3-4H2,1-2H3. The van der Waals surface area contributed by atoms with E-state index in [1.54, 1.807) is 0 Å². The first-order valence-electron chi connectivity index (χ1n) is 3.35. The number of phosphoric acid groups is 2. The Morgan fingerprint density at radius 3 is 1.69 bits per heavy atom. The highest BCUT2D eigenvalue weighted by molar-refractivity contribution is 7.62. The Hall–Kier alpha value is 0.260. The van der Waals surface area contributed by atoms with E-state index in [4.69, 9.17) is 0 Å². The predicted molar refractivity (Wildman–Crippen MR) is 42.2 cm³/mol. The molecular weight excluding hydrogens is 222 g/mol. The Kier molecular flexibility index (Phi) is 3.65. The summed E-state index contributed by atoms with van der Waals surface area (Å²) in [6, 6.07) is 0. The van der Waals surface area contributed by atoms with E-state index >= 15 is 0 Å². The molecule has 0 bridgehead atoms. The fourth-order valence-electron chi connectivity index (χ4n) is 0.640. The maximum Gasteiger partial charge on any atom is 0.483 e. The SMILES string of the molecule is COP1(=O)OCCOP(=O)(OC)O1. The van der Waals surface area contributed by atoms with E-state index in [1.807, 2.05) is 0 Å². The van der Waals surface area contributed by atoms with E-state index in [9.17, 15) is 9.13 Å². The van der Waals surface area contributed by atoms with Gasteiger partial charge in [-0.2, -0.15) is 4.31 Å². The van der Waals surface area contributed by atoms with Crippen LogP contribution in [-0.2, 0) is 31.5 Å². The third-order valence-electron chi connectivity index (χ3n) is 1.23. The van der Waals surface area contributed by atoms with Crippen molar-refractivity contribution < 1.29 is 31.5 Å². The summed E-state index contributed by atoms with van der Waals surface area (Å²) < 4.78 is 45.5. The Bertz CT molecular complexity index is 237. The van der Waals surface area contributed by atoms with Crippen LogP contribution in [0.25, 0.3) is 0 Å². The van der Waals surface area contributed by atoms with Crippen LogP contribution in [-0.4, -0.2) is 27.4 Å². The fourth-order valence-corrected chi connectivity index (χ4v) is 3.34. The molecule has 13 heavy (non-hydrogen) atoms. The van der Waals surface area contributed by atoms with Crippen LogP contribution < -0.4 is 0 Å². The minimum absolute atomic E-state index is 0.0293. The van der Waals surface area contributed by atoms with E-state index in [1.165, 1.54) is 0 Å². The third kappa shape index (κ3) is 2.86. The Morgan fingerprint density at radius 1 is 1.00 bits per heavy atom. The first-order valence-corrected chi connectivity index (χ1v) is 6.28. The van der Waals surface area contributed by atoms with E-state index < -0.39 is 15.6 Å². The van der Waals surface area contributed by atoms with Crippen LogP contribution in [0.4, 0.5) is 0 Å². The first-order chi connectivity index (χ1) is 6.04. The van der Waals surface area contributed by atoms with Gasteiger partial charge in [0.2, 0.25) is 0 Å². The van der Waals surface area contributed by atoms with E-state index in [-0.39, 0.29) is 13.2 Å². The van der Waals surface area contributed by atoms with Gasteiger partial charge >= 0.3 is 15.6 Å². The van der Waals surface area contributed by atoms with Crippen LogP contribution in [0.3, 0.4) is 0 Å². The molecule has 2 unspecified atom stereocenters. The van der Waals surface area contributed by atoms with Crippen LogP contribution in [0.1, 0.15) is 0 Å². The minimum atomic E-state index is -3.79. The fraction of sp³-hybridized carbons (Fsp3) is 1.00. The van der Waals surface area contributed by atoms with Crippen molar-refractivity contribution in [3.8, 4) is 0 Å². The molecule has 0 aromatic rings. The lowest BCUT2D eigenvalue weighted by Crippen LogP contribution is -1.96. The summed E-state index contributed by atoms with van der Waals surface area (Å²) in [5.41, 5.74) is 0. The predicted octanol–water partition coefficient (Wildman–Crippen LogP) is 1.56. The van der Waals surface area contributed by atoms with Crippen molar-refractivity contribution in [2.45, 2.75) is 0 Å². The molecule has 0 N–H and O–H groups in total. The van der Waals surface area contributed by atoms with Crippen LogP contribution >= 0.6 is 15.6 Å². The molecule has 1 aliphatic rings. The van der Waals surface area contributed by atoms with Gasteiger partial charge in [0, 0.05) is 14.2 Å². The number of rotatable bonds is 2. The Labute approximate surface area is 75.5 Å². The molecule has 1 saturated heterocycles. The molecule has 0 saturated carbocycles. The highest BCUT2D eigenvalue weighted by atomic mass is 31.3. The Balaban J connectivity index is 2.83. The molecule has 1 aliphatic heterocycles. The van der Waals surface area contributed by atoms with Crippen LogP contribution in [0.2, 0.25) is 0 Å². The van der Waals surface area contributed by atoms with Gasteiger partial charge in [-0.3, -0.25) is 18.1 Å². The molecule has 78 valence electrons. The maximum atomic E-state index is 11.4. The topological polar surface area (TPSA) is 80.3 Å². The molecule has 0 spiro atoms. The number of phosphoric ester groups is 2. The molecular formula is C4H10O7P2. The quantitative estimate of drug-likeness (QED) is 0.668. The zero-order valence-electron chi connectivity index (χ0n) is 7.17. The van der Waals surface area contributed by atoms with Crippen molar-refractivity contribution in [2.75, 3.05) is 27.4 Å². The van der Waals surface area contributed by atoms with Gasteiger partial charge in [-0.05, 0) is 0 Å². The number of hydrogen-bond acceptors (Lipinski definition) is 7. The average Bonchev–Trinajstić information content (AvgIpc) is 2.27. The van der Waals surface area contributed by atoms with Crippen molar-refractivity contribution in [2.24, 2.45) is 0 Å². The molecule has 0 aliphatic carbocycles. The lowest BCUT2D eigenvalue weighted by Gasteiger charge is -2.15. The summed E-state index contributed by atoms with van der Waals surface area (Å²) in [5, 5.41) is 0. The Morgan fingerprint density at radius 2 is 1.38 bits per heavy atom. The van der Waals surface area contributed by atoms with Crippen molar-refractivity contribution >= 4 is 15.6 Å². The second-order valence-corrected chi connectivity index (χ2v) is 5.70. The summed E-state index contributed by atoms with van der Waals surface area (Å²) in [4.78, 5) is 0. The lowest BCUT2D eigenvalue weighted by atomic mass is 10.8.